The zero-order valence-corrected chi connectivity index (χ0v) is 7.87. The second kappa shape index (κ2) is 2.80. The molecule has 0 aliphatic rings. The van der Waals surface area contributed by atoms with Crippen LogP contribution >= 0.6 is 0 Å². The minimum atomic E-state index is 0.450. The lowest BCUT2D eigenvalue weighted by Crippen LogP contribution is -1.89. The molecule has 2 nitrogen and oxygen atoms in total. The molecule has 2 rings (SSSR count). The Morgan fingerprint density at radius 3 is 2.77 bits per heavy atom. The van der Waals surface area contributed by atoms with Crippen LogP contribution in [-0.2, 0) is 0 Å². The molecule has 1 heterocycles. The number of hydrogen-bond donors (Lipinski definition) is 1. The van der Waals surface area contributed by atoms with Crippen molar-refractivity contribution < 1.29 is 4.42 Å². The monoisotopic (exact) mass is 175 g/mol. The van der Waals surface area contributed by atoms with Crippen LogP contribution in [0.2, 0.25) is 0 Å². The van der Waals surface area contributed by atoms with Gasteiger partial charge in [0, 0.05) is 16.6 Å². The standard InChI is InChI=1S/C11H13NO/c1-7(2)8-6-13-10-5-3-4-9(12)11(8)10/h3-7H,12H2,1-2H3. The zero-order chi connectivity index (χ0) is 9.42. The lowest BCUT2D eigenvalue weighted by Gasteiger charge is -2.02. The third-order valence-electron chi connectivity index (χ3n) is 2.28. The summed E-state index contributed by atoms with van der Waals surface area (Å²) in [7, 11) is 0. The molecule has 0 saturated carbocycles. The van der Waals surface area contributed by atoms with Crippen LogP contribution in [0.4, 0.5) is 5.69 Å². The van der Waals surface area contributed by atoms with Crippen molar-refractivity contribution in [1.29, 1.82) is 0 Å². The Morgan fingerprint density at radius 2 is 2.08 bits per heavy atom. The van der Waals surface area contributed by atoms with E-state index < -0.39 is 0 Å². The fourth-order valence-electron chi connectivity index (χ4n) is 1.57. The summed E-state index contributed by atoms with van der Waals surface area (Å²) in [6.45, 7) is 4.27. The quantitative estimate of drug-likeness (QED) is 0.676. The van der Waals surface area contributed by atoms with Gasteiger partial charge >= 0.3 is 0 Å². The molecule has 2 aromatic rings. The van der Waals surface area contributed by atoms with Crippen molar-refractivity contribution in [1.82, 2.24) is 0 Å². The molecule has 0 spiro atoms. The van der Waals surface area contributed by atoms with Crippen LogP contribution in [-0.4, -0.2) is 0 Å². The number of anilines is 1. The Kier molecular flexibility index (Phi) is 1.76. The highest BCUT2D eigenvalue weighted by atomic mass is 16.3. The summed E-state index contributed by atoms with van der Waals surface area (Å²) in [4.78, 5) is 0. The summed E-state index contributed by atoms with van der Waals surface area (Å²) in [5, 5.41) is 1.07. The van der Waals surface area contributed by atoms with Gasteiger partial charge in [-0.2, -0.15) is 0 Å². The maximum Gasteiger partial charge on any atom is 0.136 e. The molecule has 0 unspecified atom stereocenters. The maximum absolute atomic E-state index is 5.88. The Labute approximate surface area is 77.3 Å². The van der Waals surface area contributed by atoms with E-state index in [1.165, 1.54) is 5.56 Å². The predicted octanol–water partition coefficient (Wildman–Crippen LogP) is 3.14. The Balaban J connectivity index is 2.79. The van der Waals surface area contributed by atoms with Crippen LogP contribution < -0.4 is 5.73 Å². The maximum atomic E-state index is 5.88. The number of fused-ring (bicyclic) bond motifs is 1. The zero-order valence-electron chi connectivity index (χ0n) is 7.87. The molecule has 13 heavy (non-hydrogen) atoms. The number of rotatable bonds is 1. The van der Waals surface area contributed by atoms with Crippen LogP contribution in [0.1, 0.15) is 25.3 Å². The fourth-order valence-corrected chi connectivity index (χ4v) is 1.57. The van der Waals surface area contributed by atoms with Crippen molar-refractivity contribution in [3.8, 4) is 0 Å². The van der Waals surface area contributed by atoms with Gasteiger partial charge in [-0.1, -0.05) is 19.9 Å². The summed E-state index contributed by atoms with van der Waals surface area (Å²) in [5.74, 6) is 0.450. The Hall–Kier alpha value is -1.44. The fraction of sp³-hybridized carbons (Fsp3) is 0.273. The summed E-state index contributed by atoms with van der Waals surface area (Å²) in [6, 6.07) is 5.76. The molecule has 2 N–H and O–H groups in total. The van der Waals surface area contributed by atoms with E-state index in [0.29, 0.717) is 5.92 Å². The SMILES string of the molecule is CC(C)c1coc2cccc(N)c12. The first kappa shape index (κ1) is 8.17. The highest BCUT2D eigenvalue weighted by Gasteiger charge is 2.10. The van der Waals surface area contributed by atoms with Crippen LogP contribution in [0.3, 0.4) is 0 Å². The van der Waals surface area contributed by atoms with Crippen molar-refractivity contribution in [3.63, 3.8) is 0 Å². The van der Waals surface area contributed by atoms with E-state index in [-0.39, 0.29) is 0 Å². The molecule has 1 aromatic carbocycles. The lowest BCUT2D eigenvalue weighted by molar-refractivity contribution is 0.606. The molecule has 1 aromatic heterocycles. The normalized spacial score (nSPS) is 11.3. The first-order valence-electron chi connectivity index (χ1n) is 4.45. The third-order valence-corrected chi connectivity index (χ3v) is 2.28. The minimum Gasteiger partial charge on any atom is -0.464 e. The van der Waals surface area contributed by atoms with E-state index in [0.717, 1.165) is 16.7 Å². The van der Waals surface area contributed by atoms with E-state index in [1.807, 2.05) is 18.2 Å². The lowest BCUT2D eigenvalue weighted by atomic mass is 10.0. The van der Waals surface area contributed by atoms with E-state index in [1.54, 1.807) is 6.26 Å². The van der Waals surface area contributed by atoms with Crippen molar-refractivity contribution in [2.75, 3.05) is 5.73 Å². The van der Waals surface area contributed by atoms with Crippen LogP contribution in [0.5, 0.6) is 0 Å². The van der Waals surface area contributed by atoms with Gasteiger partial charge in [0.05, 0.1) is 6.26 Å². The van der Waals surface area contributed by atoms with Crippen LogP contribution in [0, 0.1) is 0 Å². The average Bonchev–Trinajstić information content (AvgIpc) is 2.49. The van der Waals surface area contributed by atoms with Gasteiger partial charge in [-0.3, -0.25) is 0 Å². The molecule has 0 saturated heterocycles. The number of furan rings is 1. The first-order chi connectivity index (χ1) is 6.20. The highest BCUT2D eigenvalue weighted by molar-refractivity contribution is 5.92. The smallest absolute Gasteiger partial charge is 0.136 e. The van der Waals surface area contributed by atoms with E-state index >= 15 is 0 Å². The Bertz CT molecular complexity index is 429. The van der Waals surface area contributed by atoms with Gasteiger partial charge in [0.1, 0.15) is 5.58 Å². The van der Waals surface area contributed by atoms with Crippen molar-refractivity contribution in [2.45, 2.75) is 19.8 Å². The molecule has 0 radical (unpaired) electrons. The number of hydrogen-bond acceptors (Lipinski definition) is 2. The first-order valence-corrected chi connectivity index (χ1v) is 4.45. The van der Waals surface area contributed by atoms with Gasteiger partial charge in [-0.25, -0.2) is 0 Å². The molecule has 0 fully saturated rings. The minimum absolute atomic E-state index is 0.450. The van der Waals surface area contributed by atoms with Crippen molar-refractivity contribution in [2.24, 2.45) is 0 Å². The van der Waals surface area contributed by atoms with Gasteiger partial charge in [0.2, 0.25) is 0 Å². The summed E-state index contributed by atoms with van der Waals surface area (Å²) in [5.41, 5.74) is 8.75. The molecule has 0 atom stereocenters. The largest absolute Gasteiger partial charge is 0.464 e. The van der Waals surface area contributed by atoms with E-state index in [4.69, 9.17) is 10.2 Å². The molecular weight excluding hydrogens is 162 g/mol. The second-order valence-corrected chi connectivity index (χ2v) is 3.57. The van der Waals surface area contributed by atoms with E-state index in [9.17, 15) is 0 Å². The van der Waals surface area contributed by atoms with Crippen LogP contribution in [0.25, 0.3) is 11.0 Å². The molecule has 0 amide bonds. The molecule has 0 aliphatic heterocycles. The van der Waals surface area contributed by atoms with Crippen molar-refractivity contribution >= 4 is 16.7 Å². The van der Waals surface area contributed by atoms with E-state index in [2.05, 4.69) is 13.8 Å². The Morgan fingerprint density at radius 1 is 1.31 bits per heavy atom. The summed E-state index contributed by atoms with van der Waals surface area (Å²) in [6.07, 6.45) is 1.80. The molecule has 2 heteroatoms. The average molecular weight is 175 g/mol. The highest BCUT2D eigenvalue weighted by Crippen LogP contribution is 2.31. The summed E-state index contributed by atoms with van der Waals surface area (Å²) >= 11 is 0. The van der Waals surface area contributed by atoms with Crippen molar-refractivity contribution in [3.05, 3.63) is 30.0 Å². The van der Waals surface area contributed by atoms with Gasteiger partial charge in [-0.05, 0) is 18.1 Å². The molecule has 0 bridgehead atoms. The number of nitrogens with two attached hydrogens (primary N) is 1. The van der Waals surface area contributed by atoms with Crippen LogP contribution in [0.15, 0.2) is 28.9 Å². The number of nitrogen functional groups attached to an aromatic ring is 1. The second-order valence-electron chi connectivity index (χ2n) is 3.57. The predicted molar refractivity (Wildman–Crippen MR) is 54.7 cm³/mol. The van der Waals surface area contributed by atoms with Gasteiger partial charge in [-0.15, -0.1) is 0 Å². The number of benzene rings is 1. The topological polar surface area (TPSA) is 39.2 Å². The van der Waals surface area contributed by atoms with Gasteiger partial charge in [0.15, 0.2) is 0 Å². The van der Waals surface area contributed by atoms with Gasteiger partial charge < -0.3 is 10.2 Å². The third kappa shape index (κ3) is 1.18. The molecule has 68 valence electrons. The molecule has 0 aliphatic carbocycles. The summed E-state index contributed by atoms with van der Waals surface area (Å²) < 4.78 is 5.41. The van der Waals surface area contributed by atoms with Gasteiger partial charge in [0.25, 0.3) is 0 Å². The molecular formula is C11H13NO.